The Bertz CT molecular complexity index is 143. The van der Waals surface area contributed by atoms with Gasteiger partial charge in [-0.05, 0) is 19.8 Å². The highest BCUT2D eigenvalue weighted by atomic mass is 16.5. The fraction of sp³-hybridized carbons (Fsp3) is 0.875. The van der Waals surface area contributed by atoms with E-state index in [1.165, 1.54) is 0 Å². The maximum atomic E-state index is 11.1. The van der Waals surface area contributed by atoms with Gasteiger partial charge in [0.15, 0.2) is 0 Å². The quantitative estimate of drug-likeness (QED) is 0.647. The number of carbonyl (C=O) groups is 1. The third kappa shape index (κ3) is 2.89. The van der Waals surface area contributed by atoms with Crippen LogP contribution in [-0.2, 0) is 9.53 Å². The van der Waals surface area contributed by atoms with Gasteiger partial charge in [-0.25, -0.2) is 0 Å². The molecule has 64 valence electrons. The molecule has 0 spiro atoms. The summed E-state index contributed by atoms with van der Waals surface area (Å²) < 4.78 is 4.89. The highest BCUT2D eigenvalue weighted by Gasteiger charge is 2.29. The smallest absolute Gasteiger partial charge is 0.223 e. The number of rotatable bonds is 4. The van der Waals surface area contributed by atoms with E-state index in [1.54, 1.807) is 7.11 Å². The monoisotopic (exact) mass is 157 g/mol. The van der Waals surface area contributed by atoms with Crippen molar-refractivity contribution in [1.82, 2.24) is 5.32 Å². The Balaban J connectivity index is 2.12. The summed E-state index contributed by atoms with van der Waals surface area (Å²) in [7, 11) is 1.64. The molecule has 3 nitrogen and oxygen atoms in total. The second kappa shape index (κ2) is 3.72. The van der Waals surface area contributed by atoms with Crippen LogP contribution >= 0.6 is 0 Å². The van der Waals surface area contributed by atoms with Crippen LogP contribution in [0.2, 0.25) is 0 Å². The van der Waals surface area contributed by atoms with Crippen LogP contribution in [0, 0.1) is 5.92 Å². The van der Waals surface area contributed by atoms with Crippen molar-refractivity contribution in [2.45, 2.75) is 25.8 Å². The van der Waals surface area contributed by atoms with Crippen LogP contribution in [0.5, 0.6) is 0 Å². The van der Waals surface area contributed by atoms with Gasteiger partial charge in [-0.1, -0.05) is 0 Å². The van der Waals surface area contributed by atoms with E-state index in [-0.39, 0.29) is 11.9 Å². The molecule has 0 radical (unpaired) electrons. The lowest BCUT2D eigenvalue weighted by atomic mass is 10.3. The Labute approximate surface area is 67.1 Å². The molecule has 0 unspecified atom stereocenters. The van der Waals surface area contributed by atoms with Gasteiger partial charge >= 0.3 is 0 Å². The minimum absolute atomic E-state index is 0.146. The van der Waals surface area contributed by atoms with Crippen molar-refractivity contribution < 1.29 is 9.53 Å². The SMILES string of the molecule is COC[C@H](C)NC(=O)C1CC1. The lowest BCUT2D eigenvalue weighted by Gasteiger charge is -2.11. The third-order valence-electron chi connectivity index (χ3n) is 1.75. The summed E-state index contributed by atoms with van der Waals surface area (Å²) >= 11 is 0. The fourth-order valence-electron chi connectivity index (χ4n) is 0.998. The maximum absolute atomic E-state index is 11.1. The van der Waals surface area contributed by atoms with E-state index in [1.807, 2.05) is 6.92 Å². The largest absolute Gasteiger partial charge is 0.383 e. The number of hydrogen-bond donors (Lipinski definition) is 1. The van der Waals surface area contributed by atoms with E-state index in [9.17, 15) is 4.79 Å². The van der Waals surface area contributed by atoms with Crippen LogP contribution in [0.25, 0.3) is 0 Å². The normalized spacial score (nSPS) is 19.5. The highest BCUT2D eigenvalue weighted by molar-refractivity contribution is 5.81. The van der Waals surface area contributed by atoms with Crippen molar-refractivity contribution in [1.29, 1.82) is 0 Å². The molecule has 1 atom stereocenters. The second-order valence-corrected chi connectivity index (χ2v) is 3.14. The van der Waals surface area contributed by atoms with Gasteiger partial charge in [-0.3, -0.25) is 4.79 Å². The van der Waals surface area contributed by atoms with E-state index in [2.05, 4.69) is 5.32 Å². The summed E-state index contributed by atoms with van der Waals surface area (Å²) in [5, 5.41) is 2.88. The van der Waals surface area contributed by atoms with Crippen molar-refractivity contribution >= 4 is 5.91 Å². The summed E-state index contributed by atoms with van der Waals surface area (Å²) in [4.78, 5) is 11.1. The molecular formula is C8H15NO2. The molecule has 0 aliphatic heterocycles. The molecule has 11 heavy (non-hydrogen) atoms. The van der Waals surface area contributed by atoms with Crippen LogP contribution in [0.1, 0.15) is 19.8 Å². The molecule has 1 saturated carbocycles. The van der Waals surface area contributed by atoms with Gasteiger partial charge in [0.1, 0.15) is 0 Å². The molecule has 1 rings (SSSR count). The molecule has 0 saturated heterocycles. The van der Waals surface area contributed by atoms with Crippen molar-refractivity contribution in [3.8, 4) is 0 Å². The second-order valence-electron chi connectivity index (χ2n) is 3.14. The van der Waals surface area contributed by atoms with Gasteiger partial charge in [-0.2, -0.15) is 0 Å². The average Bonchev–Trinajstić information content (AvgIpc) is 2.67. The van der Waals surface area contributed by atoms with E-state index in [4.69, 9.17) is 4.74 Å². The summed E-state index contributed by atoms with van der Waals surface area (Å²) in [6.45, 7) is 2.54. The van der Waals surface area contributed by atoms with Crippen LogP contribution in [0.3, 0.4) is 0 Å². The summed E-state index contributed by atoms with van der Waals surface area (Å²) in [6, 6.07) is 0.146. The zero-order valence-corrected chi connectivity index (χ0v) is 7.09. The van der Waals surface area contributed by atoms with E-state index < -0.39 is 0 Å². The van der Waals surface area contributed by atoms with Gasteiger partial charge < -0.3 is 10.1 Å². The summed E-state index contributed by atoms with van der Waals surface area (Å²) in [6.07, 6.45) is 2.12. The number of amides is 1. The first-order valence-electron chi connectivity index (χ1n) is 4.03. The van der Waals surface area contributed by atoms with E-state index >= 15 is 0 Å². The Hall–Kier alpha value is -0.570. The first-order chi connectivity index (χ1) is 5.24. The van der Waals surface area contributed by atoms with Gasteiger partial charge in [0.05, 0.1) is 6.61 Å². The molecule has 0 aromatic heterocycles. The molecule has 3 heteroatoms. The first-order valence-corrected chi connectivity index (χ1v) is 4.03. The van der Waals surface area contributed by atoms with Gasteiger partial charge in [0, 0.05) is 19.1 Å². The zero-order chi connectivity index (χ0) is 8.27. The van der Waals surface area contributed by atoms with Gasteiger partial charge in [-0.15, -0.1) is 0 Å². The summed E-state index contributed by atoms with van der Waals surface area (Å²) in [5.41, 5.74) is 0. The number of ether oxygens (including phenoxy) is 1. The van der Waals surface area contributed by atoms with Crippen molar-refractivity contribution in [3.05, 3.63) is 0 Å². The molecule has 1 aliphatic rings. The van der Waals surface area contributed by atoms with Crippen LogP contribution in [0.15, 0.2) is 0 Å². The molecule has 0 aromatic carbocycles. The molecule has 1 aliphatic carbocycles. The number of hydrogen-bond acceptors (Lipinski definition) is 2. The van der Waals surface area contributed by atoms with Gasteiger partial charge in [0.2, 0.25) is 5.91 Å². The lowest BCUT2D eigenvalue weighted by Crippen LogP contribution is -2.36. The predicted octanol–water partition coefficient (Wildman–Crippen LogP) is 0.547. The highest BCUT2D eigenvalue weighted by Crippen LogP contribution is 2.28. The minimum Gasteiger partial charge on any atom is -0.383 e. The Kier molecular flexibility index (Phi) is 2.88. The molecule has 1 fully saturated rings. The number of methoxy groups -OCH3 is 1. The van der Waals surface area contributed by atoms with Crippen LogP contribution in [-0.4, -0.2) is 25.7 Å². The molecule has 0 heterocycles. The Morgan fingerprint density at radius 3 is 2.82 bits per heavy atom. The van der Waals surface area contributed by atoms with E-state index in [0.717, 1.165) is 12.8 Å². The number of nitrogens with one attached hydrogen (secondary N) is 1. The summed E-state index contributed by atoms with van der Waals surface area (Å²) in [5.74, 6) is 0.490. The van der Waals surface area contributed by atoms with Crippen LogP contribution in [0.4, 0.5) is 0 Å². The molecule has 1 amide bonds. The van der Waals surface area contributed by atoms with Crippen molar-refractivity contribution in [3.63, 3.8) is 0 Å². The maximum Gasteiger partial charge on any atom is 0.223 e. The molecule has 1 N–H and O–H groups in total. The van der Waals surface area contributed by atoms with Crippen molar-refractivity contribution in [2.75, 3.05) is 13.7 Å². The van der Waals surface area contributed by atoms with E-state index in [0.29, 0.717) is 12.5 Å². The third-order valence-corrected chi connectivity index (χ3v) is 1.75. The minimum atomic E-state index is 0.146. The van der Waals surface area contributed by atoms with Gasteiger partial charge in [0.25, 0.3) is 0 Å². The van der Waals surface area contributed by atoms with Crippen LogP contribution < -0.4 is 5.32 Å². The average molecular weight is 157 g/mol. The zero-order valence-electron chi connectivity index (χ0n) is 7.09. The topological polar surface area (TPSA) is 38.3 Å². The predicted molar refractivity (Wildman–Crippen MR) is 42.2 cm³/mol. The van der Waals surface area contributed by atoms with Crippen molar-refractivity contribution in [2.24, 2.45) is 5.92 Å². The number of carbonyl (C=O) groups excluding carboxylic acids is 1. The Morgan fingerprint density at radius 1 is 1.73 bits per heavy atom. The first kappa shape index (κ1) is 8.53. The fourth-order valence-corrected chi connectivity index (χ4v) is 0.998. The Morgan fingerprint density at radius 2 is 2.36 bits per heavy atom. The molecular weight excluding hydrogens is 142 g/mol. The lowest BCUT2D eigenvalue weighted by molar-refractivity contribution is -0.123. The standard InChI is InChI=1S/C8H15NO2/c1-6(5-11-2)9-8(10)7-3-4-7/h6-7H,3-5H2,1-2H3,(H,9,10)/t6-/m0/s1. The molecule has 0 bridgehead atoms. The molecule has 0 aromatic rings.